The van der Waals surface area contributed by atoms with Crippen molar-refractivity contribution in [2.45, 2.75) is 4.90 Å². The number of para-hydroxylation sites is 1. The minimum absolute atomic E-state index is 0.00450. The van der Waals surface area contributed by atoms with E-state index >= 15 is 0 Å². The molecule has 0 aliphatic carbocycles. The number of aromatic nitrogens is 1. The van der Waals surface area contributed by atoms with Gasteiger partial charge in [0.2, 0.25) is 0 Å². The number of rotatable bonds is 5. The molecule has 0 amide bonds. The second-order valence-electron chi connectivity index (χ2n) is 5.37. The molecule has 0 fully saturated rings. The average Bonchev–Trinajstić information content (AvgIpc) is 2.72. The van der Waals surface area contributed by atoms with E-state index in [0.717, 1.165) is 18.3 Å². The first kappa shape index (κ1) is 22.6. The van der Waals surface area contributed by atoms with Gasteiger partial charge in [0.25, 0.3) is 16.5 Å². The fourth-order valence-corrected chi connectivity index (χ4v) is 3.34. The highest BCUT2D eigenvalue weighted by Crippen LogP contribution is 2.32. The molecule has 8 nitrogen and oxygen atoms in total. The van der Waals surface area contributed by atoms with Crippen molar-refractivity contribution < 1.29 is 27.4 Å². The number of sulfonamides is 1. The fourth-order valence-electron chi connectivity index (χ4n) is 2.13. The van der Waals surface area contributed by atoms with Gasteiger partial charge in [-0.15, -0.1) is 0 Å². The Morgan fingerprint density at radius 2 is 1.87 bits per heavy atom. The Hall–Kier alpha value is -3.68. The Bertz CT molecular complexity index is 1180. The van der Waals surface area contributed by atoms with Crippen molar-refractivity contribution in [2.75, 3.05) is 4.72 Å². The molecule has 2 aromatic carbocycles. The van der Waals surface area contributed by atoms with Crippen LogP contribution in [0.15, 0.2) is 65.7 Å². The number of hydrogen-bond donors (Lipinski definition) is 2. The summed E-state index contributed by atoms with van der Waals surface area (Å²) in [6, 6.07) is 14.6. The second kappa shape index (κ2) is 10.2. The third-order valence-electron chi connectivity index (χ3n) is 3.40. The quantitative estimate of drug-likeness (QED) is 0.562. The van der Waals surface area contributed by atoms with Crippen LogP contribution < -0.4 is 9.46 Å². The van der Waals surface area contributed by atoms with E-state index in [2.05, 4.69) is 9.71 Å². The summed E-state index contributed by atoms with van der Waals surface area (Å²) in [5, 5.41) is 16.6. The molecule has 0 radical (unpaired) electrons. The normalized spacial score (nSPS) is 10.2. The number of benzene rings is 2. The van der Waals surface area contributed by atoms with Crippen molar-refractivity contribution in [3.8, 4) is 17.6 Å². The molecule has 0 aliphatic heterocycles. The van der Waals surface area contributed by atoms with Gasteiger partial charge < -0.3 is 9.84 Å². The number of pyridine rings is 1. The van der Waals surface area contributed by atoms with E-state index in [4.69, 9.17) is 26.2 Å². The van der Waals surface area contributed by atoms with Gasteiger partial charge in [-0.05, 0) is 42.5 Å². The standard InChI is InChI=1S/C18H11ClFN3O3S.CH2O2/c19-15-3-1-2-4-17(15)26-16-7-6-14(9-12(16)10-21)27(24,25)23-18-8-5-13(20)11-22-18;2-1-3/h1-9,11H,(H,22,23);1H,(H,2,3). The molecule has 0 spiro atoms. The molecule has 0 aliphatic rings. The average molecular weight is 450 g/mol. The van der Waals surface area contributed by atoms with Gasteiger partial charge in [-0.1, -0.05) is 23.7 Å². The third kappa shape index (κ3) is 5.91. The number of halogens is 2. The van der Waals surface area contributed by atoms with E-state index in [1.54, 1.807) is 24.3 Å². The van der Waals surface area contributed by atoms with Crippen LogP contribution in [0.1, 0.15) is 5.56 Å². The van der Waals surface area contributed by atoms with E-state index in [-0.39, 0.29) is 28.5 Å². The van der Waals surface area contributed by atoms with E-state index < -0.39 is 15.8 Å². The number of carbonyl (C=O) groups is 1. The van der Waals surface area contributed by atoms with Gasteiger partial charge in [0.1, 0.15) is 29.2 Å². The van der Waals surface area contributed by atoms with Crippen LogP contribution in [0, 0.1) is 17.1 Å². The minimum atomic E-state index is -4.02. The Morgan fingerprint density at radius 1 is 1.17 bits per heavy atom. The Labute approximate surface area is 176 Å². The summed E-state index contributed by atoms with van der Waals surface area (Å²) >= 11 is 6.03. The molecule has 1 heterocycles. The van der Waals surface area contributed by atoms with Crippen molar-refractivity contribution >= 4 is 33.9 Å². The number of ether oxygens (including phenoxy) is 1. The summed E-state index contributed by atoms with van der Waals surface area (Å²) in [4.78, 5) is 11.8. The predicted octanol–water partition coefficient (Wildman–Crippen LogP) is 4.04. The summed E-state index contributed by atoms with van der Waals surface area (Å²) in [6.07, 6.45) is 0.888. The lowest BCUT2D eigenvalue weighted by molar-refractivity contribution is -0.122. The zero-order valence-electron chi connectivity index (χ0n) is 15.0. The lowest BCUT2D eigenvalue weighted by Crippen LogP contribution is -2.14. The number of nitrogens with one attached hydrogen (secondary N) is 1. The number of nitrogens with zero attached hydrogens (tertiary/aromatic N) is 2. The molecular formula is C19H13ClFN3O5S. The predicted molar refractivity (Wildman–Crippen MR) is 106 cm³/mol. The third-order valence-corrected chi connectivity index (χ3v) is 5.07. The highest BCUT2D eigenvalue weighted by molar-refractivity contribution is 7.92. The summed E-state index contributed by atoms with van der Waals surface area (Å²) in [6.45, 7) is -0.250. The molecule has 3 rings (SSSR count). The number of nitriles is 1. The molecule has 11 heteroatoms. The first-order valence-electron chi connectivity index (χ1n) is 7.99. The van der Waals surface area contributed by atoms with Gasteiger partial charge in [0.15, 0.2) is 0 Å². The number of anilines is 1. The zero-order valence-corrected chi connectivity index (χ0v) is 16.6. The highest BCUT2D eigenvalue weighted by atomic mass is 35.5. The van der Waals surface area contributed by atoms with Crippen molar-refractivity contribution in [3.63, 3.8) is 0 Å². The molecular weight excluding hydrogens is 437 g/mol. The second-order valence-corrected chi connectivity index (χ2v) is 7.46. The van der Waals surface area contributed by atoms with Gasteiger partial charge in [-0.3, -0.25) is 9.52 Å². The van der Waals surface area contributed by atoms with Crippen LogP contribution in [0.4, 0.5) is 10.2 Å². The van der Waals surface area contributed by atoms with Crippen LogP contribution in [-0.4, -0.2) is 25.0 Å². The highest BCUT2D eigenvalue weighted by Gasteiger charge is 2.18. The van der Waals surface area contributed by atoms with Crippen LogP contribution in [0.5, 0.6) is 11.5 Å². The largest absolute Gasteiger partial charge is 0.483 e. The van der Waals surface area contributed by atoms with Crippen LogP contribution in [0.3, 0.4) is 0 Å². The molecule has 0 saturated heterocycles. The topological polar surface area (TPSA) is 129 Å². The molecule has 3 aromatic rings. The maximum atomic E-state index is 12.9. The molecule has 0 atom stereocenters. The first-order chi connectivity index (χ1) is 14.3. The van der Waals surface area contributed by atoms with Crippen LogP contribution in [-0.2, 0) is 14.8 Å². The summed E-state index contributed by atoms with van der Waals surface area (Å²) in [7, 11) is -4.02. The van der Waals surface area contributed by atoms with E-state index in [1.807, 2.05) is 6.07 Å². The summed E-state index contributed by atoms with van der Waals surface area (Å²) < 4.78 is 45.6. The van der Waals surface area contributed by atoms with Gasteiger partial charge in [0, 0.05) is 0 Å². The summed E-state index contributed by atoms with van der Waals surface area (Å²) in [5.41, 5.74) is 0.00450. The zero-order chi connectivity index (χ0) is 22.1. The lowest BCUT2D eigenvalue weighted by atomic mass is 10.2. The molecule has 0 bridgehead atoms. The molecule has 0 saturated carbocycles. The smallest absolute Gasteiger partial charge is 0.290 e. The molecule has 30 heavy (non-hydrogen) atoms. The summed E-state index contributed by atoms with van der Waals surface area (Å²) in [5.74, 6) is -0.151. The number of carboxylic acid groups (broad SMARTS) is 1. The van der Waals surface area contributed by atoms with Crippen molar-refractivity contribution in [3.05, 3.63) is 77.2 Å². The Balaban J connectivity index is 0.00000101. The lowest BCUT2D eigenvalue weighted by Gasteiger charge is -2.11. The van der Waals surface area contributed by atoms with Crippen molar-refractivity contribution in [1.29, 1.82) is 5.26 Å². The number of hydrogen-bond acceptors (Lipinski definition) is 6. The van der Waals surface area contributed by atoms with E-state index in [9.17, 15) is 18.1 Å². The van der Waals surface area contributed by atoms with Crippen molar-refractivity contribution in [1.82, 2.24) is 4.98 Å². The van der Waals surface area contributed by atoms with Gasteiger partial charge in [0.05, 0.1) is 21.7 Å². The van der Waals surface area contributed by atoms with Gasteiger partial charge >= 0.3 is 0 Å². The van der Waals surface area contributed by atoms with Gasteiger partial charge in [-0.25, -0.2) is 17.8 Å². The Kier molecular flexibility index (Phi) is 7.69. The van der Waals surface area contributed by atoms with Crippen LogP contribution in [0.2, 0.25) is 5.02 Å². The fraction of sp³-hybridized carbons (Fsp3) is 0. The van der Waals surface area contributed by atoms with Crippen LogP contribution >= 0.6 is 11.6 Å². The molecule has 154 valence electrons. The van der Waals surface area contributed by atoms with Crippen molar-refractivity contribution in [2.24, 2.45) is 0 Å². The first-order valence-corrected chi connectivity index (χ1v) is 9.85. The van der Waals surface area contributed by atoms with E-state index in [1.165, 1.54) is 18.2 Å². The monoisotopic (exact) mass is 449 g/mol. The van der Waals surface area contributed by atoms with E-state index in [0.29, 0.717) is 10.8 Å². The maximum absolute atomic E-state index is 12.9. The van der Waals surface area contributed by atoms with Crippen LogP contribution in [0.25, 0.3) is 0 Å². The molecule has 0 unspecified atom stereocenters. The SMILES string of the molecule is N#Cc1cc(S(=O)(=O)Nc2ccc(F)cn2)ccc1Oc1ccccc1Cl.O=CO. The Morgan fingerprint density at radius 3 is 2.47 bits per heavy atom. The van der Waals surface area contributed by atoms with Gasteiger partial charge in [-0.2, -0.15) is 5.26 Å². The molecule has 2 N–H and O–H groups in total. The molecule has 1 aromatic heterocycles. The maximum Gasteiger partial charge on any atom is 0.290 e. The minimum Gasteiger partial charge on any atom is -0.483 e.